The molecule has 0 saturated heterocycles. The highest BCUT2D eigenvalue weighted by molar-refractivity contribution is 7.98. The zero-order chi connectivity index (χ0) is 18.8. The number of fused-ring (bicyclic) bond motifs is 1. The van der Waals surface area contributed by atoms with Crippen LogP contribution in [0.2, 0.25) is 5.15 Å². The number of pyridine rings is 1. The van der Waals surface area contributed by atoms with E-state index in [4.69, 9.17) is 16.3 Å². The van der Waals surface area contributed by atoms with E-state index in [0.29, 0.717) is 10.9 Å². The third kappa shape index (κ3) is 3.63. The smallest absolute Gasteiger partial charge is 0.191 e. The predicted octanol–water partition coefficient (Wildman–Crippen LogP) is 4.98. The average molecular weight is 397 g/mol. The van der Waals surface area contributed by atoms with Gasteiger partial charge in [0.05, 0.1) is 12.6 Å². The Hall–Kier alpha value is -2.57. The Labute approximate surface area is 166 Å². The molecule has 136 valence electrons. The van der Waals surface area contributed by atoms with Crippen molar-refractivity contribution in [3.8, 4) is 17.1 Å². The molecule has 0 aliphatic heterocycles. The molecular formula is C20H17ClN4OS. The maximum Gasteiger partial charge on any atom is 0.191 e. The molecule has 0 saturated carbocycles. The fraction of sp³-hybridized carbons (Fsp3) is 0.150. The first-order valence-electron chi connectivity index (χ1n) is 8.36. The molecule has 4 rings (SSSR count). The Morgan fingerprint density at radius 1 is 1.07 bits per heavy atom. The van der Waals surface area contributed by atoms with Crippen molar-refractivity contribution < 1.29 is 4.74 Å². The molecule has 0 N–H and O–H groups in total. The minimum absolute atomic E-state index is 0.527. The van der Waals surface area contributed by atoms with Crippen molar-refractivity contribution in [2.24, 2.45) is 7.05 Å². The van der Waals surface area contributed by atoms with E-state index in [-0.39, 0.29) is 0 Å². The Balaban J connectivity index is 1.55. The average Bonchev–Trinajstić information content (AvgIpc) is 3.07. The number of hydrogen-bond acceptors (Lipinski definition) is 5. The van der Waals surface area contributed by atoms with E-state index in [1.165, 1.54) is 0 Å². The Morgan fingerprint density at radius 3 is 2.63 bits per heavy atom. The second-order valence-electron chi connectivity index (χ2n) is 6.01. The molecule has 2 aromatic heterocycles. The maximum atomic E-state index is 6.36. The fourth-order valence-electron chi connectivity index (χ4n) is 2.81. The number of thioether (sulfide) groups is 1. The van der Waals surface area contributed by atoms with Crippen LogP contribution in [0.1, 0.15) is 5.56 Å². The van der Waals surface area contributed by atoms with Gasteiger partial charge in [-0.2, -0.15) is 0 Å². The largest absolute Gasteiger partial charge is 0.497 e. The summed E-state index contributed by atoms with van der Waals surface area (Å²) >= 11 is 7.95. The van der Waals surface area contributed by atoms with Gasteiger partial charge in [0, 0.05) is 29.3 Å². The fourth-order valence-corrected chi connectivity index (χ4v) is 3.99. The molecule has 7 heteroatoms. The minimum atomic E-state index is 0.527. The van der Waals surface area contributed by atoms with Crippen molar-refractivity contribution in [2.45, 2.75) is 10.9 Å². The quantitative estimate of drug-likeness (QED) is 0.351. The van der Waals surface area contributed by atoms with Gasteiger partial charge in [0.1, 0.15) is 10.9 Å². The summed E-state index contributed by atoms with van der Waals surface area (Å²) in [5, 5.41) is 11.1. The third-order valence-electron chi connectivity index (χ3n) is 4.29. The van der Waals surface area contributed by atoms with Crippen molar-refractivity contribution in [3.05, 3.63) is 65.3 Å². The molecule has 0 spiro atoms. The summed E-state index contributed by atoms with van der Waals surface area (Å²) < 4.78 is 7.19. The van der Waals surface area contributed by atoms with Crippen LogP contribution < -0.4 is 4.74 Å². The molecule has 0 aliphatic carbocycles. The lowest BCUT2D eigenvalue weighted by molar-refractivity contribution is 0.415. The van der Waals surface area contributed by atoms with Crippen molar-refractivity contribution in [1.82, 2.24) is 19.7 Å². The molecule has 0 amide bonds. The first kappa shape index (κ1) is 17.8. The summed E-state index contributed by atoms with van der Waals surface area (Å²) in [5.74, 6) is 2.29. The van der Waals surface area contributed by atoms with Crippen LogP contribution in [0.3, 0.4) is 0 Å². The number of benzene rings is 2. The SMILES string of the molecule is COc1ccc(-c2nnc(SCc3cc4ccccc4nc3Cl)n2C)cc1. The first-order valence-corrected chi connectivity index (χ1v) is 9.73. The standard InChI is InChI=1S/C20H17ClN4OS/c1-25-19(13-7-9-16(26-2)10-8-13)23-24-20(25)27-12-15-11-14-5-3-4-6-17(14)22-18(15)21/h3-11H,12H2,1-2H3. The molecule has 0 fully saturated rings. The summed E-state index contributed by atoms with van der Waals surface area (Å²) in [6, 6.07) is 17.8. The molecule has 0 atom stereocenters. The van der Waals surface area contributed by atoms with Crippen molar-refractivity contribution >= 4 is 34.3 Å². The van der Waals surface area contributed by atoms with Gasteiger partial charge in [0.2, 0.25) is 0 Å². The zero-order valence-corrected chi connectivity index (χ0v) is 16.5. The monoisotopic (exact) mass is 396 g/mol. The van der Waals surface area contributed by atoms with Crippen LogP contribution in [-0.2, 0) is 12.8 Å². The molecule has 27 heavy (non-hydrogen) atoms. The Kier molecular flexibility index (Phi) is 5.01. The van der Waals surface area contributed by atoms with Crippen LogP contribution in [0.4, 0.5) is 0 Å². The van der Waals surface area contributed by atoms with Crippen molar-refractivity contribution in [2.75, 3.05) is 7.11 Å². The van der Waals surface area contributed by atoms with E-state index >= 15 is 0 Å². The number of nitrogens with zero attached hydrogens (tertiary/aromatic N) is 4. The molecule has 0 aliphatic rings. The van der Waals surface area contributed by atoms with Crippen molar-refractivity contribution in [3.63, 3.8) is 0 Å². The van der Waals surface area contributed by atoms with E-state index in [1.807, 2.05) is 60.1 Å². The number of ether oxygens (including phenoxy) is 1. The number of methoxy groups -OCH3 is 1. The van der Waals surface area contributed by atoms with Gasteiger partial charge in [-0.1, -0.05) is 41.6 Å². The number of aromatic nitrogens is 4. The van der Waals surface area contributed by atoms with Gasteiger partial charge in [-0.15, -0.1) is 10.2 Å². The number of para-hydroxylation sites is 1. The van der Waals surface area contributed by atoms with Crippen LogP contribution in [-0.4, -0.2) is 26.9 Å². The molecule has 0 bridgehead atoms. The highest BCUT2D eigenvalue weighted by atomic mass is 35.5. The third-order valence-corrected chi connectivity index (χ3v) is 5.69. The van der Waals surface area contributed by atoms with Gasteiger partial charge < -0.3 is 9.30 Å². The lowest BCUT2D eigenvalue weighted by Crippen LogP contribution is -1.96. The van der Waals surface area contributed by atoms with E-state index in [0.717, 1.165) is 38.8 Å². The highest BCUT2D eigenvalue weighted by Crippen LogP contribution is 2.29. The van der Waals surface area contributed by atoms with Gasteiger partial charge in [-0.25, -0.2) is 4.98 Å². The summed E-state index contributed by atoms with van der Waals surface area (Å²) in [5.41, 5.74) is 2.87. The van der Waals surface area contributed by atoms with Crippen LogP contribution in [0.15, 0.2) is 59.8 Å². The van der Waals surface area contributed by atoms with E-state index in [9.17, 15) is 0 Å². The Morgan fingerprint density at radius 2 is 1.85 bits per heavy atom. The summed E-state index contributed by atoms with van der Waals surface area (Å²) in [7, 11) is 3.61. The number of hydrogen-bond donors (Lipinski definition) is 0. The van der Waals surface area contributed by atoms with Gasteiger partial charge >= 0.3 is 0 Å². The number of rotatable bonds is 5. The molecule has 5 nitrogen and oxygen atoms in total. The molecular weight excluding hydrogens is 380 g/mol. The maximum absolute atomic E-state index is 6.36. The topological polar surface area (TPSA) is 52.8 Å². The minimum Gasteiger partial charge on any atom is -0.497 e. The van der Waals surface area contributed by atoms with Crippen molar-refractivity contribution in [1.29, 1.82) is 0 Å². The van der Waals surface area contributed by atoms with Gasteiger partial charge in [0.25, 0.3) is 0 Å². The van der Waals surface area contributed by atoms with Crippen LogP contribution >= 0.6 is 23.4 Å². The second kappa shape index (κ2) is 7.58. The van der Waals surface area contributed by atoms with E-state index in [2.05, 4.69) is 21.2 Å². The predicted molar refractivity (Wildman–Crippen MR) is 109 cm³/mol. The molecule has 4 aromatic rings. The molecule has 0 radical (unpaired) electrons. The van der Waals surface area contributed by atoms with Crippen LogP contribution in [0.25, 0.3) is 22.3 Å². The van der Waals surface area contributed by atoms with E-state index < -0.39 is 0 Å². The first-order chi connectivity index (χ1) is 13.2. The molecule has 0 unspecified atom stereocenters. The molecule has 2 aromatic carbocycles. The van der Waals surface area contributed by atoms with Gasteiger partial charge in [-0.3, -0.25) is 0 Å². The lowest BCUT2D eigenvalue weighted by atomic mass is 10.2. The molecule has 2 heterocycles. The zero-order valence-electron chi connectivity index (χ0n) is 14.9. The van der Waals surface area contributed by atoms with Crippen LogP contribution in [0.5, 0.6) is 5.75 Å². The van der Waals surface area contributed by atoms with Gasteiger partial charge in [0.15, 0.2) is 11.0 Å². The normalized spacial score (nSPS) is 11.1. The number of halogens is 1. The van der Waals surface area contributed by atoms with Crippen LogP contribution in [0, 0.1) is 0 Å². The summed E-state index contributed by atoms with van der Waals surface area (Å²) in [6.07, 6.45) is 0. The van der Waals surface area contributed by atoms with Gasteiger partial charge in [-0.05, 0) is 36.4 Å². The lowest BCUT2D eigenvalue weighted by Gasteiger charge is -2.07. The second-order valence-corrected chi connectivity index (χ2v) is 7.31. The summed E-state index contributed by atoms with van der Waals surface area (Å²) in [6.45, 7) is 0. The summed E-state index contributed by atoms with van der Waals surface area (Å²) in [4.78, 5) is 4.48. The Bertz CT molecular complexity index is 1100. The van der Waals surface area contributed by atoms with E-state index in [1.54, 1.807) is 18.9 Å². The highest BCUT2D eigenvalue weighted by Gasteiger charge is 2.13.